The van der Waals surface area contributed by atoms with E-state index in [1.165, 1.54) is 0 Å². The highest BCUT2D eigenvalue weighted by atomic mass is 35.5. The molecule has 3 N–H and O–H groups in total. The maximum atomic E-state index is 12.5. The largest absolute Gasteiger partial charge is 0.330 e. The predicted octanol–water partition coefficient (Wildman–Crippen LogP) is 4.01. The summed E-state index contributed by atoms with van der Waals surface area (Å²) in [6, 6.07) is 3.59. The van der Waals surface area contributed by atoms with E-state index < -0.39 is 0 Å². The smallest absolute Gasteiger partial charge is 0.227 e. The van der Waals surface area contributed by atoms with Gasteiger partial charge in [-0.3, -0.25) is 4.79 Å². The van der Waals surface area contributed by atoms with Gasteiger partial charge in [-0.25, -0.2) is 0 Å². The number of carbonyl (C=O) groups is 1. The standard InChI is InChI=1S/C15H20Cl2N2O/c1-9-6-7-12(16)14(13(9)17)19-15(20)11-5-3-2-4-10(11)8-18/h6-7,10-11H,2-5,8,18H2,1H3,(H,19,20). The van der Waals surface area contributed by atoms with Crippen molar-refractivity contribution in [3.8, 4) is 0 Å². The van der Waals surface area contributed by atoms with E-state index in [9.17, 15) is 4.79 Å². The minimum absolute atomic E-state index is 0.0189. The maximum Gasteiger partial charge on any atom is 0.227 e. The molecule has 0 radical (unpaired) electrons. The minimum Gasteiger partial charge on any atom is -0.330 e. The zero-order chi connectivity index (χ0) is 14.7. The van der Waals surface area contributed by atoms with Gasteiger partial charge in [-0.05, 0) is 43.9 Å². The zero-order valence-corrected chi connectivity index (χ0v) is 13.1. The molecule has 2 unspecified atom stereocenters. The van der Waals surface area contributed by atoms with Gasteiger partial charge in [0, 0.05) is 5.92 Å². The van der Waals surface area contributed by atoms with Crippen molar-refractivity contribution in [3.63, 3.8) is 0 Å². The summed E-state index contributed by atoms with van der Waals surface area (Å²) < 4.78 is 0. The van der Waals surface area contributed by atoms with E-state index in [4.69, 9.17) is 28.9 Å². The van der Waals surface area contributed by atoms with Crippen LogP contribution in [0.15, 0.2) is 12.1 Å². The van der Waals surface area contributed by atoms with Gasteiger partial charge in [-0.15, -0.1) is 0 Å². The molecule has 2 atom stereocenters. The van der Waals surface area contributed by atoms with E-state index in [1.54, 1.807) is 6.07 Å². The van der Waals surface area contributed by atoms with Gasteiger partial charge in [0.1, 0.15) is 0 Å². The van der Waals surface area contributed by atoms with Crippen LogP contribution in [-0.4, -0.2) is 12.5 Å². The fourth-order valence-corrected chi connectivity index (χ4v) is 3.29. The number of benzene rings is 1. The Morgan fingerprint density at radius 3 is 2.75 bits per heavy atom. The Hall–Kier alpha value is -0.770. The quantitative estimate of drug-likeness (QED) is 0.885. The Kier molecular flexibility index (Phi) is 5.30. The SMILES string of the molecule is Cc1ccc(Cl)c(NC(=O)C2CCCCC2CN)c1Cl. The number of hydrogen-bond donors (Lipinski definition) is 2. The minimum atomic E-state index is -0.0404. The van der Waals surface area contributed by atoms with Crippen molar-refractivity contribution in [1.82, 2.24) is 0 Å². The van der Waals surface area contributed by atoms with Crippen LogP contribution >= 0.6 is 23.2 Å². The topological polar surface area (TPSA) is 55.1 Å². The molecular formula is C15H20Cl2N2O. The van der Waals surface area contributed by atoms with E-state index in [0.717, 1.165) is 31.2 Å². The summed E-state index contributed by atoms with van der Waals surface area (Å²) in [6.45, 7) is 2.44. The van der Waals surface area contributed by atoms with Gasteiger partial charge in [0.2, 0.25) is 5.91 Å². The maximum absolute atomic E-state index is 12.5. The molecule has 1 saturated carbocycles. The van der Waals surface area contributed by atoms with E-state index in [2.05, 4.69) is 5.32 Å². The Morgan fingerprint density at radius 1 is 1.35 bits per heavy atom. The van der Waals surface area contributed by atoms with Crippen LogP contribution in [-0.2, 0) is 4.79 Å². The second-order valence-electron chi connectivity index (χ2n) is 5.43. The van der Waals surface area contributed by atoms with Crippen molar-refractivity contribution in [2.75, 3.05) is 11.9 Å². The summed E-state index contributed by atoms with van der Waals surface area (Å²) in [7, 11) is 0. The first-order valence-electron chi connectivity index (χ1n) is 7.00. The van der Waals surface area contributed by atoms with Crippen molar-refractivity contribution in [2.24, 2.45) is 17.6 Å². The van der Waals surface area contributed by atoms with Crippen LogP contribution in [0.5, 0.6) is 0 Å². The molecule has 0 aromatic heterocycles. The van der Waals surface area contributed by atoms with Crippen LogP contribution in [0, 0.1) is 18.8 Å². The molecule has 2 rings (SSSR count). The van der Waals surface area contributed by atoms with Crippen molar-refractivity contribution in [1.29, 1.82) is 0 Å². The van der Waals surface area contributed by atoms with Gasteiger partial charge in [0.15, 0.2) is 0 Å². The lowest BCUT2D eigenvalue weighted by Gasteiger charge is -2.29. The van der Waals surface area contributed by atoms with Crippen molar-refractivity contribution in [2.45, 2.75) is 32.6 Å². The average Bonchev–Trinajstić information content (AvgIpc) is 2.47. The molecule has 1 amide bonds. The van der Waals surface area contributed by atoms with Crippen LogP contribution in [0.3, 0.4) is 0 Å². The summed E-state index contributed by atoms with van der Waals surface area (Å²) >= 11 is 12.4. The highest BCUT2D eigenvalue weighted by Crippen LogP contribution is 2.35. The molecule has 20 heavy (non-hydrogen) atoms. The van der Waals surface area contributed by atoms with Gasteiger partial charge in [0.05, 0.1) is 15.7 Å². The molecule has 1 fully saturated rings. The molecule has 1 aliphatic rings. The fraction of sp³-hybridized carbons (Fsp3) is 0.533. The highest BCUT2D eigenvalue weighted by molar-refractivity contribution is 6.40. The van der Waals surface area contributed by atoms with Crippen LogP contribution in [0.25, 0.3) is 0 Å². The van der Waals surface area contributed by atoms with E-state index in [1.807, 2.05) is 13.0 Å². The summed E-state index contributed by atoms with van der Waals surface area (Å²) in [4.78, 5) is 12.5. The number of amides is 1. The first-order chi connectivity index (χ1) is 9.54. The molecule has 1 aliphatic carbocycles. The van der Waals surface area contributed by atoms with Crippen LogP contribution < -0.4 is 11.1 Å². The third-order valence-electron chi connectivity index (χ3n) is 4.08. The van der Waals surface area contributed by atoms with Crippen LogP contribution in [0.4, 0.5) is 5.69 Å². The lowest BCUT2D eigenvalue weighted by Crippen LogP contribution is -2.35. The molecule has 3 nitrogen and oxygen atoms in total. The number of nitrogens with one attached hydrogen (secondary N) is 1. The van der Waals surface area contributed by atoms with Crippen molar-refractivity contribution >= 4 is 34.8 Å². The second kappa shape index (κ2) is 6.79. The normalized spacial score (nSPS) is 22.6. The molecule has 1 aromatic rings. The molecule has 0 bridgehead atoms. The Bertz CT molecular complexity index is 505. The Morgan fingerprint density at radius 2 is 2.05 bits per heavy atom. The number of hydrogen-bond acceptors (Lipinski definition) is 2. The van der Waals surface area contributed by atoms with E-state index >= 15 is 0 Å². The third-order valence-corrected chi connectivity index (χ3v) is 4.88. The third kappa shape index (κ3) is 3.27. The molecule has 110 valence electrons. The summed E-state index contributed by atoms with van der Waals surface area (Å²) in [6.07, 6.45) is 4.13. The fourth-order valence-electron chi connectivity index (χ4n) is 2.82. The Balaban J connectivity index is 2.17. The Labute approximate surface area is 129 Å². The lowest BCUT2D eigenvalue weighted by molar-refractivity contribution is -0.122. The van der Waals surface area contributed by atoms with Gasteiger partial charge in [-0.2, -0.15) is 0 Å². The number of anilines is 1. The summed E-state index contributed by atoms with van der Waals surface area (Å²) in [5.74, 6) is 0.196. The molecule has 5 heteroatoms. The highest BCUT2D eigenvalue weighted by Gasteiger charge is 2.30. The number of halogens is 2. The van der Waals surface area contributed by atoms with Crippen molar-refractivity contribution < 1.29 is 4.79 Å². The predicted molar refractivity (Wildman–Crippen MR) is 84.3 cm³/mol. The molecule has 0 saturated heterocycles. The monoisotopic (exact) mass is 314 g/mol. The molecule has 1 aromatic carbocycles. The second-order valence-corrected chi connectivity index (χ2v) is 6.21. The van der Waals surface area contributed by atoms with Gasteiger partial charge >= 0.3 is 0 Å². The van der Waals surface area contributed by atoms with Crippen LogP contribution in [0.1, 0.15) is 31.2 Å². The van der Waals surface area contributed by atoms with Gasteiger partial charge < -0.3 is 11.1 Å². The van der Waals surface area contributed by atoms with E-state index in [-0.39, 0.29) is 17.7 Å². The van der Waals surface area contributed by atoms with Crippen molar-refractivity contribution in [3.05, 3.63) is 27.7 Å². The number of nitrogens with two attached hydrogens (primary N) is 1. The average molecular weight is 315 g/mol. The number of carbonyl (C=O) groups excluding carboxylic acids is 1. The zero-order valence-electron chi connectivity index (χ0n) is 11.6. The molecular weight excluding hydrogens is 295 g/mol. The molecule has 0 aliphatic heterocycles. The van der Waals surface area contributed by atoms with Gasteiger partial charge in [-0.1, -0.05) is 42.1 Å². The number of aryl methyl sites for hydroxylation is 1. The summed E-state index contributed by atoms with van der Waals surface area (Å²) in [5, 5.41) is 3.87. The first-order valence-corrected chi connectivity index (χ1v) is 7.75. The lowest BCUT2D eigenvalue weighted by atomic mass is 9.78. The molecule has 0 spiro atoms. The molecule has 0 heterocycles. The van der Waals surface area contributed by atoms with E-state index in [0.29, 0.717) is 22.3 Å². The van der Waals surface area contributed by atoms with Crippen LogP contribution in [0.2, 0.25) is 10.0 Å². The number of rotatable bonds is 3. The summed E-state index contributed by atoms with van der Waals surface area (Å²) in [5.41, 5.74) is 7.18. The first kappa shape index (κ1) is 15.6. The van der Waals surface area contributed by atoms with Gasteiger partial charge in [0.25, 0.3) is 0 Å².